The number of rotatable bonds is 5. The van der Waals surface area contributed by atoms with E-state index in [4.69, 9.17) is 16.3 Å². The van der Waals surface area contributed by atoms with E-state index in [1.807, 2.05) is 19.1 Å². The van der Waals surface area contributed by atoms with Gasteiger partial charge in [0.15, 0.2) is 0 Å². The largest absolute Gasteiger partial charge is 0.495 e. The quantitative estimate of drug-likeness (QED) is 0.783. The maximum atomic E-state index is 12.0. The first-order valence-corrected chi connectivity index (χ1v) is 7.51. The van der Waals surface area contributed by atoms with Crippen molar-refractivity contribution in [2.24, 2.45) is 0 Å². The average molecular weight is 335 g/mol. The summed E-state index contributed by atoms with van der Waals surface area (Å²) in [6, 6.07) is 12.0. The molecular weight excluding hydrogens is 316 g/mol. The lowest BCUT2D eigenvalue weighted by Crippen LogP contribution is -2.32. The van der Waals surface area contributed by atoms with Crippen molar-refractivity contribution in [1.82, 2.24) is 5.32 Å². The molecule has 2 rings (SSSR count). The van der Waals surface area contributed by atoms with Gasteiger partial charge in [0.2, 0.25) is 0 Å². The molecule has 2 aromatic rings. The third kappa shape index (κ3) is 4.61. The Morgan fingerprint density at radius 2 is 2.04 bits per heavy atom. The first-order valence-electron chi connectivity index (χ1n) is 7.13. The Morgan fingerprint density at radius 1 is 1.30 bits per heavy atom. The molecule has 2 aromatic carbocycles. The molecule has 0 aliphatic carbocycles. The van der Waals surface area contributed by atoms with Gasteiger partial charge in [0.25, 0.3) is 0 Å². The zero-order valence-corrected chi connectivity index (χ0v) is 13.7. The van der Waals surface area contributed by atoms with Crippen molar-refractivity contribution < 1.29 is 14.6 Å². The Hall–Kier alpha value is -2.24. The van der Waals surface area contributed by atoms with Crippen LogP contribution in [0.2, 0.25) is 5.02 Å². The molecule has 0 heterocycles. The lowest BCUT2D eigenvalue weighted by molar-refractivity contribution is 0.175. The molecule has 0 aliphatic rings. The lowest BCUT2D eigenvalue weighted by atomic mass is 10.1. The summed E-state index contributed by atoms with van der Waals surface area (Å²) in [5.41, 5.74) is 2.14. The number of carbonyl (C=O) groups excluding carboxylic acids is 1. The molecule has 3 N–H and O–H groups in total. The highest BCUT2D eigenvalue weighted by Gasteiger charge is 2.13. The smallest absolute Gasteiger partial charge is 0.319 e. The summed E-state index contributed by atoms with van der Waals surface area (Å²) >= 11 is 6.02. The molecule has 0 aromatic heterocycles. The summed E-state index contributed by atoms with van der Waals surface area (Å²) in [6.45, 7) is 1.97. The molecule has 0 radical (unpaired) electrons. The predicted octanol–water partition coefficient (Wildman–Crippen LogP) is 3.51. The first kappa shape index (κ1) is 17.1. The summed E-state index contributed by atoms with van der Waals surface area (Å²) in [4.78, 5) is 12.0. The second-order valence-corrected chi connectivity index (χ2v) is 5.48. The molecule has 2 amide bonds. The van der Waals surface area contributed by atoms with Gasteiger partial charge in [-0.3, -0.25) is 0 Å². The molecule has 1 unspecified atom stereocenters. The van der Waals surface area contributed by atoms with Crippen molar-refractivity contribution >= 4 is 23.3 Å². The number of halogens is 1. The number of ether oxygens (including phenoxy) is 1. The SMILES string of the molecule is COc1ccc(C)cc1NC(=O)NCC(O)c1ccccc1Cl. The number of benzene rings is 2. The van der Waals surface area contributed by atoms with Gasteiger partial charge in [0, 0.05) is 17.1 Å². The summed E-state index contributed by atoms with van der Waals surface area (Å²) in [7, 11) is 1.54. The highest BCUT2D eigenvalue weighted by Crippen LogP contribution is 2.25. The van der Waals surface area contributed by atoms with Gasteiger partial charge in [0.1, 0.15) is 5.75 Å². The topological polar surface area (TPSA) is 70.6 Å². The fourth-order valence-corrected chi connectivity index (χ4v) is 2.39. The zero-order chi connectivity index (χ0) is 16.8. The second kappa shape index (κ2) is 7.85. The van der Waals surface area contributed by atoms with Crippen LogP contribution in [0.5, 0.6) is 5.75 Å². The summed E-state index contributed by atoms with van der Waals surface area (Å²) in [5.74, 6) is 0.567. The highest BCUT2D eigenvalue weighted by molar-refractivity contribution is 6.31. The average Bonchev–Trinajstić information content (AvgIpc) is 2.53. The minimum Gasteiger partial charge on any atom is -0.495 e. The predicted molar refractivity (Wildman–Crippen MR) is 91.2 cm³/mol. The lowest BCUT2D eigenvalue weighted by Gasteiger charge is -2.15. The number of carbonyl (C=O) groups is 1. The van der Waals surface area contributed by atoms with E-state index in [1.54, 1.807) is 30.3 Å². The molecule has 0 saturated heterocycles. The zero-order valence-electron chi connectivity index (χ0n) is 13.0. The number of methoxy groups -OCH3 is 1. The molecule has 1 atom stereocenters. The molecule has 0 fully saturated rings. The number of nitrogens with one attached hydrogen (secondary N) is 2. The first-order chi connectivity index (χ1) is 11.0. The molecule has 0 aliphatic heterocycles. The van der Waals surface area contributed by atoms with Gasteiger partial charge in [-0.25, -0.2) is 4.79 Å². The third-order valence-corrected chi connectivity index (χ3v) is 3.67. The molecule has 5 nitrogen and oxygen atoms in total. The van der Waals surface area contributed by atoms with Crippen LogP contribution in [0.3, 0.4) is 0 Å². The van der Waals surface area contributed by atoms with Crippen molar-refractivity contribution in [3.8, 4) is 5.75 Å². The number of urea groups is 1. The maximum Gasteiger partial charge on any atom is 0.319 e. The monoisotopic (exact) mass is 334 g/mol. The maximum absolute atomic E-state index is 12.0. The van der Waals surface area contributed by atoms with Gasteiger partial charge in [-0.15, -0.1) is 0 Å². The molecule has 0 saturated carbocycles. The molecule has 0 bridgehead atoms. The number of hydrogen-bond donors (Lipinski definition) is 3. The minimum atomic E-state index is -0.881. The summed E-state index contributed by atoms with van der Waals surface area (Å²) in [5, 5.41) is 15.9. The Kier molecular flexibility index (Phi) is 5.84. The normalized spacial score (nSPS) is 11.7. The molecule has 122 valence electrons. The van der Waals surface area contributed by atoms with Crippen LogP contribution < -0.4 is 15.4 Å². The van der Waals surface area contributed by atoms with E-state index in [-0.39, 0.29) is 6.54 Å². The number of anilines is 1. The van der Waals surface area contributed by atoms with Crippen LogP contribution in [-0.4, -0.2) is 24.8 Å². The Bertz CT molecular complexity index is 691. The number of aliphatic hydroxyl groups is 1. The number of amides is 2. The van der Waals surface area contributed by atoms with Crippen LogP contribution in [0.4, 0.5) is 10.5 Å². The second-order valence-electron chi connectivity index (χ2n) is 5.08. The highest BCUT2D eigenvalue weighted by atomic mass is 35.5. The van der Waals surface area contributed by atoms with Gasteiger partial charge in [-0.1, -0.05) is 35.9 Å². The van der Waals surface area contributed by atoms with E-state index in [0.717, 1.165) is 5.56 Å². The fourth-order valence-electron chi connectivity index (χ4n) is 2.13. The molecule has 0 spiro atoms. The van der Waals surface area contributed by atoms with Gasteiger partial charge in [-0.05, 0) is 30.7 Å². The standard InChI is InChI=1S/C17H19ClN2O3/c1-11-7-8-16(23-2)14(9-11)20-17(22)19-10-15(21)12-5-3-4-6-13(12)18/h3-9,15,21H,10H2,1-2H3,(H2,19,20,22). The van der Waals surface area contributed by atoms with E-state index in [2.05, 4.69) is 10.6 Å². The minimum absolute atomic E-state index is 0.0453. The van der Waals surface area contributed by atoms with Crippen molar-refractivity contribution in [2.75, 3.05) is 19.0 Å². The van der Waals surface area contributed by atoms with Crippen LogP contribution in [0, 0.1) is 6.92 Å². The molecular formula is C17H19ClN2O3. The van der Waals surface area contributed by atoms with E-state index in [9.17, 15) is 9.90 Å². The number of hydrogen-bond acceptors (Lipinski definition) is 3. The Balaban J connectivity index is 1.95. The van der Waals surface area contributed by atoms with E-state index in [1.165, 1.54) is 7.11 Å². The van der Waals surface area contributed by atoms with E-state index >= 15 is 0 Å². The fraction of sp³-hybridized carbons (Fsp3) is 0.235. The summed E-state index contributed by atoms with van der Waals surface area (Å²) in [6.07, 6.45) is -0.881. The van der Waals surface area contributed by atoms with Gasteiger partial charge >= 0.3 is 6.03 Å². The Labute approximate surface area is 140 Å². The number of aliphatic hydroxyl groups excluding tert-OH is 1. The van der Waals surface area contributed by atoms with E-state index < -0.39 is 12.1 Å². The van der Waals surface area contributed by atoms with Crippen LogP contribution in [0.1, 0.15) is 17.2 Å². The van der Waals surface area contributed by atoms with Crippen LogP contribution in [0.15, 0.2) is 42.5 Å². The van der Waals surface area contributed by atoms with Gasteiger partial charge in [-0.2, -0.15) is 0 Å². The Morgan fingerprint density at radius 3 is 2.74 bits per heavy atom. The molecule has 23 heavy (non-hydrogen) atoms. The van der Waals surface area contributed by atoms with Gasteiger partial charge in [0.05, 0.1) is 18.9 Å². The van der Waals surface area contributed by atoms with Crippen molar-refractivity contribution in [1.29, 1.82) is 0 Å². The number of aryl methyl sites for hydroxylation is 1. The third-order valence-electron chi connectivity index (χ3n) is 3.32. The van der Waals surface area contributed by atoms with Crippen LogP contribution in [-0.2, 0) is 0 Å². The van der Waals surface area contributed by atoms with Crippen LogP contribution >= 0.6 is 11.6 Å². The van der Waals surface area contributed by atoms with E-state index in [0.29, 0.717) is 22.0 Å². The van der Waals surface area contributed by atoms with Crippen molar-refractivity contribution in [3.05, 3.63) is 58.6 Å². The summed E-state index contributed by atoms with van der Waals surface area (Å²) < 4.78 is 5.20. The van der Waals surface area contributed by atoms with Gasteiger partial charge < -0.3 is 20.5 Å². The van der Waals surface area contributed by atoms with Crippen molar-refractivity contribution in [2.45, 2.75) is 13.0 Å². The van der Waals surface area contributed by atoms with Crippen LogP contribution in [0.25, 0.3) is 0 Å². The van der Waals surface area contributed by atoms with Crippen molar-refractivity contribution in [3.63, 3.8) is 0 Å². The molecule has 6 heteroatoms.